The summed E-state index contributed by atoms with van der Waals surface area (Å²) in [6.07, 6.45) is 0. The zero-order chi connectivity index (χ0) is 13.0. The Morgan fingerprint density at radius 2 is 1.94 bits per heavy atom. The first-order valence-electron chi connectivity index (χ1n) is 5.56. The lowest BCUT2D eigenvalue weighted by Crippen LogP contribution is -2.06. The fourth-order valence-electron chi connectivity index (χ4n) is 1.63. The molecule has 0 heterocycles. The van der Waals surface area contributed by atoms with Gasteiger partial charge >= 0.3 is 0 Å². The molecule has 1 N–H and O–H groups in total. The van der Waals surface area contributed by atoms with Crippen LogP contribution in [0.25, 0.3) is 0 Å². The second kappa shape index (κ2) is 6.23. The van der Waals surface area contributed by atoms with Gasteiger partial charge in [-0.2, -0.15) is 0 Å². The largest absolute Gasteiger partial charge is 0.454 e. The van der Waals surface area contributed by atoms with Gasteiger partial charge in [0, 0.05) is 12.1 Å². The molecule has 2 aromatic rings. The predicted molar refractivity (Wildman–Crippen MR) is 78.4 cm³/mol. The molecule has 2 nitrogen and oxygen atoms in total. The third-order valence-electron chi connectivity index (χ3n) is 2.46. The molecule has 0 amide bonds. The number of halogens is 2. The van der Waals surface area contributed by atoms with Gasteiger partial charge < -0.3 is 10.1 Å². The number of hydrogen-bond donors (Lipinski definition) is 1. The Labute approximate surface area is 120 Å². The average Bonchev–Trinajstić information content (AvgIpc) is 2.36. The minimum Gasteiger partial charge on any atom is -0.454 e. The van der Waals surface area contributed by atoms with Crippen LogP contribution in [0, 0.1) is 0 Å². The zero-order valence-electron chi connectivity index (χ0n) is 9.91. The summed E-state index contributed by atoms with van der Waals surface area (Å²) >= 11 is 9.66. The van der Waals surface area contributed by atoms with Gasteiger partial charge in [-0.05, 0) is 41.2 Å². The van der Waals surface area contributed by atoms with E-state index in [1.165, 1.54) is 0 Å². The van der Waals surface area contributed by atoms with Crippen molar-refractivity contribution in [2.45, 2.75) is 6.54 Å². The molecule has 18 heavy (non-hydrogen) atoms. The number of para-hydroxylation sites is 2. The summed E-state index contributed by atoms with van der Waals surface area (Å²) in [6.45, 7) is 0.709. The number of rotatable bonds is 4. The van der Waals surface area contributed by atoms with Crippen molar-refractivity contribution in [2.24, 2.45) is 0 Å². The zero-order valence-corrected chi connectivity index (χ0v) is 12.3. The maximum Gasteiger partial charge on any atom is 0.150 e. The summed E-state index contributed by atoms with van der Waals surface area (Å²) < 4.78 is 6.81. The number of ether oxygens (including phenoxy) is 1. The number of nitrogens with one attached hydrogen (secondary N) is 1. The van der Waals surface area contributed by atoms with Crippen molar-refractivity contribution in [3.8, 4) is 11.5 Å². The minimum atomic E-state index is 0.610. The van der Waals surface area contributed by atoms with Crippen LogP contribution in [0.2, 0.25) is 5.02 Å². The van der Waals surface area contributed by atoms with E-state index in [1.54, 1.807) is 0 Å². The lowest BCUT2D eigenvalue weighted by Gasteiger charge is -2.13. The molecule has 2 rings (SSSR count). The molecule has 0 saturated heterocycles. The van der Waals surface area contributed by atoms with Crippen LogP contribution in [0.3, 0.4) is 0 Å². The molecule has 2 aromatic carbocycles. The van der Waals surface area contributed by atoms with Crippen LogP contribution in [-0.2, 0) is 6.54 Å². The van der Waals surface area contributed by atoms with E-state index in [0.29, 0.717) is 17.3 Å². The summed E-state index contributed by atoms with van der Waals surface area (Å²) in [7, 11) is 1.89. The Bertz CT molecular complexity index is 545. The molecule has 0 radical (unpaired) electrons. The predicted octanol–water partition coefficient (Wildman–Crippen LogP) is 4.61. The Balaban J connectivity index is 2.36. The second-order valence-corrected chi connectivity index (χ2v) is 5.05. The second-order valence-electron chi connectivity index (χ2n) is 3.79. The van der Waals surface area contributed by atoms with Crippen LogP contribution in [0.15, 0.2) is 46.9 Å². The van der Waals surface area contributed by atoms with Gasteiger partial charge in [0.15, 0.2) is 5.75 Å². The van der Waals surface area contributed by atoms with Gasteiger partial charge in [-0.15, -0.1) is 0 Å². The molecule has 0 aliphatic carbocycles. The molecule has 0 saturated carbocycles. The molecular weight excluding hydrogens is 314 g/mol. The maximum atomic E-state index is 6.20. The van der Waals surface area contributed by atoms with Gasteiger partial charge in [-0.25, -0.2) is 0 Å². The monoisotopic (exact) mass is 325 g/mol. The van der Waals surface area contributed by atoms with E-state index >= 15 is 0 Å². The Hall–Kier alpha value is -1.03. The molecule has 0 spiro atoms. The molecule has 0 aliphatic heterocycles. The van der Waals surface area contributed by atoms with Gasteiger partial charge in [0.05, 0.1) is 9.50 Å². The van der Waals surface area contributed by atoms with Gasteiger partial charge in [-0.1, -0.05) is 35.9 Å². The molecule has 0 aromatic heterocycles. The maximum absolute atomic E-state index is 6.20. The molecule has 0 aliphatic rings. The summed E-state index contributed by atoms with van der Waals surface area (Å²) in [6, 6.07) is 13.4. The van der Waals surface area contributed by atoms with Gasteiger partial charge in [-0.3, -0.25) is 0 Å². The van der Waals surface area contributed by atoms with Crippen molar-refractivity contribution >= 4 is 27.5 Å². The van der Waals surface area contributed by atoms with Crippen molar-refractivity contribution < 1.29 is 4.74 Å². The average molecular weight is 327 g/mol. The Morgan fingerprint density at radius 1 is 1.17 bits per heavy atom. The first-order valence-corrected chi connectivity index (χ1v) is 6.74. The SMILES string of the molecule is CNCc1cccc(Cl)c1Oc1ccccc1Br. The van der Waals surface area contributed by atoms with E-state index in [2.05, 4.69) is 21.2 Å². The van der Waals surface area contributed by atoms with Crippen molar-refractivity contribution in [2.75, 3.05) is 7.05 Å². The highest BCUT2D eigenvalue weighted by molar-refractivity contribution is 9.10. The summed E-state index contributed by atoms with van der Waals surface area (Å²) in [5.74, 6) is 1.45. The summed E-state index contributed by atoms with van der Waals surface area (Å²) in [4.78, 5) is 0. The molecule has 4 heteroatoms. The summed E-state index contributed by atoms with van der Waals surface area (Å²) in [5, 5.41) is 3.71. The topological polar surface area (TPSA) is 21.3 Å². The van der Waals surface area contributed by atoms with Crippen molar-refractivity contribution in [3.05, 3.63) is 57.5 Å². The number of hydrogen-bond acceptors (Lipinski definition) is 2. The lowest BCUT2D eigenvalue weighted by molar-refractivity contribution is 0.471. The Kier molecular flexibility index (Phi) is 4.64. The van der Waals surface area contributed by atoms with Crippen LogP contribution >= 0.6 is 27.5 Å². The van der Waals surface area contributed by atoms with Crippen molar-refractivity contribution in [1.29, 1.82) is 0 Å². The van der Waals surface area contributed by atoms with Crippen molar-refractivity contribution in [3.63, 3.8) is 0 Å². The van der Waals surface area contributed by atoms with Crippen LogP contribution in [-0.4, -0.2) is 7.05 Å². The normalized spacial score (nSPS) is 10.4. The van der Waals surface area contributed by atoms with E-state index in [-0.39, 0.29) is 0 Å². The van der Waals surface area contributed by atoms with Crippen LogP contribution in [0.5, 0.6) is 11.5 Å². The first kappa shape index (κ1) is 13.4. The first-order chi connectivity index (χ1) is 8.72. The van der Waals surface area contributed by atoms with Gasteiger partial charge in [0.1, 0.15) is 5.75 Å². The van der Waals surface area contributed by atoms with Gasteiger partial charge in [0.2, 0.25) is 0 Å². The lowest BCUT2D eigenvalue weighted by atomic mass is 10.2. The van der Waals surface area contributed by atoms with E-state index < -0.39 is 0 Å². The highest BCUT2D eigenvalue weighted by Crippen LogP contribution is 2.35. The third kappa shape index (κ3) is 3.05. The quantitative estimate of drug-likeness (QED) is 0.885. The minimum absolute atomic E-state index is 0.610. The van der Waals surface area contributed by atoms with Gasteiger partial charge in [0.25, 0.3) is 0 Å². The Morgan fingerprint density at radius 3 is 2.67 bits per heavy atom. The van der Waals surface area contributed by atoms with Crippen molar-refractivity contribution in [1.82, 2.24) is 5.32 Å². The molecule has 0 atom stereocenters. The standard InChI is InChI=1S/C14H13BrClNO/c1-17-9-10-5-4-7-12(16)14(10)18-13-8-3-2-6-11(13)15/h2-8,17H,9H2,1H3. The number of benzene rings is 2. The van der Waals surface area contributed by atoms with Crippen LogP contribution in [0.1, 0.15) is 5.56 Å². The van der Waals surface area contributed by atoms with Crippen LogP contribution < -0.4 is 10.1 Å². The van der Waals surface area contributed by atoms with E-state index in [9.17, 15) is 0 Å². The molecule has 0 unspecified atom stereocenters. The van der Waals surface area contributed by atoms with E-state index in [4.69, 9.17) is 16.3 Å². The van der Waals surface area contributed by atoms with E-state index in [1.807, 2.05) is 49.5 Å². The fraction of sp³-hybridized carbons (Fsp3) is 0.143. The highest BCUT2D eigenvalue weighted by Gasteiger charge is 2.10. The third-order valence-corrected chi connectivity index (χ3v) is 3.42. The highest BCUT2D eigenvalue weighted by atomic mass is 79.9. The fourth-order valence-corrected chi connectivity index (χ4v) is 2.23. The molecule has 0 fully saturated rings. The molecule has 94 valence electrons. The van der Waals surface area contributed by atoms with Crippen LogP contribution in [0.4, 0.5) is 0 Å². The van der Waals surface area contributed by atoms with E-state index in [0.717, 1.165) is 15.8 Å². The smallest absolute Gasteiger partial charge is 0.150 e. The molecule has 0 bridgehead atoms. The molecular formula is C14H13BrClNO. The summed E-state index contributed by atoms with van der Waals surface area (Å²) in [5.41, 5.74) is 1.03.